The van der Waals surface area contributed by atoms with Gasteiger partial charge in [0.25, 0.3) is 0 Å². The van der Waals surface area contributed by atoms with Crippen molar-refractivity contribution < 1.29 is 22.7 Å². The third-order valence-corrected chi connectivity index (χ3v) is 7.51. The molecule has 1 aromatic heterocycles. The van der Waals surface area contributed by atoms with Gasteiger partial charge < -0.3 is 10.1 Å². The number of aryl methyl sites for hydroxylation is 1. The summed E-state index contributed by atoms with van der Waals surface area (Å²) in [7, 11) is -2.89. The maximum Gasteiger partial charge on any atom is 0.337 e. The first-order chi connectivity index (χ1) is 15.8. The summed E-state index contributed by atoms with van der Waals surface area (Å²) in [5.41, 5.74) is 2.68. The molecule has 1 atom stereocenters. The monoisotopic (exact) mass is 468 g/mol. The number of aromatic nitrogens is 2. The molecule has 1 N–H and O–H groups in total. The highest BCUT2D eigenvalue weighted by Crippen LogP contribution is 2.34. The summed E-state index contributed by atoms with van der Waals surface area (Å²) in [4.78, 5) is 24.9. The Balaban J connectivity index is 1.81. The predicted octanol–water partition coefficient (Wildman–Crippen LogP) is 2.14. The van der Waals surface area contributed by atoms with Crippen LogP contribution in [0.25, 0.3) is 5.69 Å². The van der Waals surface area contributed by atoms with Crippen molar-refractivity contribution in [3.63, 3.8) is 0 Å². The van der Waals surface area contributed by atoms with E-state index in [1.54, 1.807) is 11.6 Å². The summed E-state index contributed by atoms with van der Waals surface area (Å²) < 4.78 is 34.9. The van der Waals surface area contributed by atoms with Crippen LogP contribution < -0.4 is 5.32 Å². The minimum Gasteiger partial charge on any atom is -0.465 e. The summed E-state index contributed by atoms with van der Waals surface area (Å²) in [5.74, 6) is -1.07. The van der Waals surface area contributed by atoms with E-state index in [1.807, 2.05) is 37.3 Å². The summed E-state index contributed by atoms with van der Waals surface area (Å²) in [6.07, 6.45) is 0. The molecule has 0 saturated carbocycles. The van der Waals surface area contributed by atoms with Crippen LogP contribution in [0.3, 0.4) is 0 Å². The van der Waals surface area contributed by atoms with E-state index >= 15 is 0 Å². The molecule has 0 spiro atoms. The van der Waals surface area contributed by atoms with Crippen LogP contribution in [0.15, 0.2) is 59.5 Å². The molecule has 9 nitrogen and oxygen atoms in total. The number of piperazine rings is 1. The highest BCUT2D eigenvalue weighted by atomic mass is 32.2. The molecule has 0 unspecified atom stereocenters. The zero-order chi connectivity index (χ0) is 23.8. The number of ether oxygens (including phenoxy) is 1. The quantitative estimate of drug-likeness (QED) is 0.575. The van der Waals surface area contributed by atoms with Crippen molar-refractivity contribution in [2.45, 2.75) is 24.8 Å². The van der Waals surface area contributed by atoms with Crippen molar-refractivity contribution >= 4 is 21.9 Å². The van der Waals surface area contributed by atoms with E-state index in [1.165, 1.54) is 35.7 Å². The molecule has 0 aliphatic carbocycles. The van der Waals surface area contributed by atoms with Gasteiger partial charge >= 0.3 is 5.97 Å². The number of para-hydroxylation sites is 1. The van der Waals surface area contributed by atoms with Crippen LogP contribution in [0.4, 0.5) is 0 Å². The van der Waals surface area contributed by atoms with Gasteiger partial charge in [0.2, 0.25) is 15.9 Å². The van der Waals surface area contributed by atoms with Gasteiger partial charge in [-0.05, 0) is 44.2 Å². The van der Waals surface area contributed by atoms with Crippen molar-refractivity contribution in [3.8, 4) is 5.69 Å². The van der Waals surface area contributed by atoms with Crippen molar-refractivity contribution in [3.05, 3.63) is 77.1 Å². The fourth-order valence-electron chi connectivity index (χ4n) is 4.09. The van der Waals surface area contributed by atoms with Gasteiger partial charge in [-0.2, -0.15) is 9.40 Å². The number of carbonyl (C=O) groups is 2. The minimum absolute atomic E-state index is 0.0799. The lowest BCUT2D eigenvalue weighted by atomic mass is 10.0. The van der Waals surface area contributed by atoms with Crippen LogP contribution >= 0.6 is 0 Å². The van der Waals surface area contributed by atoms with E-state index in [0.29, 0.717) is 17.0 Å². The number of carbonyl (C=O) groups excluding carboxylic acids is 2. The highest BCUT2D eigenvalue weighted by Gasteiger charge is 2.42. The lowest BCUT2D eigenvalue weighted by molar-refractivity contribution is -0.127. The van der Waals surface area contributed by atoms with Gasteiger partial charge in [-0.1, -0.05) is 24.3 Å². The first-order valence-electron chi connectivity index (χ1n) is 10.3. The molecule has 1 aliphatic rings. The fraction of sp³-hybridized carbons (Fsp3) is 0.261. The molecule has 4 rings (SSSR count). The number of benzene rings is 2. The topological polar surface area (TPSA) is 111 Å². The summed E-state index contributed by atoms with van der Waals surface area (Å²) in [5, 5.41) is 7.35. The molecule has 3 aromatic rings. The molecule has 0 bridgehead atoms. The lowest BCUT2D eigenvalue weighted by Gasteiger charge is -2.34. The van der Waals surface area contributed by atoms with Crippen LogP contribution in [-0.4, -0.2) is 54.6 Å². The molecular formula is C23H24N4O5S. The predicted molar refractivity (Wildman–Crippen MR) is 120 cm³/mol. The first-order valence-corrected chi connectivity index (χ1v) is 11.8. The van der Waals surface area contributed by atoms with E-state index in [4.69, 9.17) is 4.74 Å². The molecule has 1 amide bonds. The molecule has 1 fully saturated rings. The zero-order valence-electron chi connectivity index (χ0n) is 18.5. The second kappa shape index (κ2) is 8.80. The fourth-order valence-corrected chi connectivity index (χ4v) is 5.70. The molecule has 1 aliphatic heterocycles. The number of methoxy groups -OCH3 is 1. The summed E-state index contributed by atoms with van der Waals surface area (Å²) in [6.45, 7) is 3.83. The molecule has 10 heteroatoms. The molecule has 2 heterocycles. The van der Waals surface area contributed by atoms with Crippen LogP contribution in [0, 0.1) is 13.8 Å². The first kappa shape index (κ1) is 22.7. The Bertz CT molecular complexity index is 1320. The zero-order valence-corrected chi connectivity index (χ0v) is 19.3. The van der Waals surface area contributed by atoms with Crippen LogP contribution in [0.5, 0.6) is 0 Å². The normalized spacial score (nSPS) is 16.9. The number of hydrogen-bond donors (Lipinski definition) is 1. The van der Waals surface area contributed by atoms with Crippen molar-refractivity contribution in [2.75, 3.05) is 20.2 Å². The number of nitrogens with one attached hydrogen (secondary N) is 1. The number of hydrogen-bond acceptors (Lipinski definition) is 6. The number of esters is 1. The number of sulfonamides is 1. The lowest BCUT2D eigenvalue weighted by Crippen LogP contribution is -2.52. The average Bonchev–Trinajstić information content (AvgIpc) is 3.12. The van der Waals surface area contributed by atoms with E-state index in [0.717, 1.165) is 5.69 Å². The molecule has 1 saturated heterocycles. The smallest absolute Gasteiger partial charge is 0.337 e. The van der Waals surface area contributed by atoms with Crippen LogP contribution in [0.2, 0.25) is 0 Å². The SMILES string of the molecule is COC(=O)c1cccc(S(=O)(=O)N2CCNC(=O)[C@H]2c2c(C)nn(-c3ccccc3)c2C)c1. The molecule has 2 aromatic carbocycles. The highest BCUT2D eigenvalue weighted by molar-refractivity contribution is 7.89. The van der Waals surface area contributed by atoms with Gasteiger partial charge in [-0.25, -0.2) is 17.9 Å². The van der Waals surface area contributed by atoms with Crippen molar-refractivity contribution in [1.29, 1.82) is 0 Å². The Kier molecular flexibility index (Phi) is 6.05. The summed E-state index contributed by atoms with van der Waals surface area (Å²) >= 11 is 0. The van der Waals surface area contributed by atoms with Gasteiger partial charge in [-0.3, -0.25) is 4.79 Å². The maximum atomic E-state index is 13.6. The number of rotatable bonds is 5. The maximum absolute atomic E-state index is 13.6. The van der Waals surface area contributed by atoms with Gasteiger partial charge in [0, 0.05) is 24.3 Å². The summed E-state index contributed by atoms with van der Waals surface area (Å²) in [6, 6.07) is 13.9. The van der Waals surface area contributed by atoms with Gasteiger partial charge in [0.1, 0.15) is 6.04 Å². The molecule has 0 radical (unpaired) electrons. The van der Waals surface area contributed by atoms with Gasteiger partial charge in [-0.15, -0.1) is 0 Å². The largest absolute Gasteiger partial charge is 0.465 e. The van der Waals surface area contributed by atoms with Gasteiger partial charge in [0.15, 0.2) is 0 Å². The Labute approximate surface area is 192 Å². The standard InChI is InChI=1S/C23H24N4O5S/c1-15-20(16(2)27(25-15)18-9-5-4-6-10-18)21-22(28)24-12-13-26(21)33(30,31)19-11-7-8-17(14-19)23(29)32-3/h4-11,14,21H,12-13H2,1-3H3,(H,24,28)/t21-/m1/s1. The molecular weight excluding hydrogens is 444 g/mol. The van der Waals surface area contributed by atoms with E-state index in [-0.39, 0.29) is 23.5 Å². The van der Waals surface area contributed by atoms with Crippen molar-refractivity contribution in [2.24, 2.45) is 0 Å². The second-order valence-corrected chi connectivity index (χ2v) is 9.55. The molecule has 172 valence electrons. The number of amides is 1. The van der Waals surface area contributed by atoms with Crippen LogP contribution in [-0.2, 0) is 19.6 Å². The Morgan fingerprint density at radius 2 is 1.85 bits per heavy atom. The van der Waals surface area contributed by atoms with Crippen molar-refractivity contribution in [1.82, 2.24) is 19.4 Å². The van der Waals surface area contributed by atoms with Gasteiger partial charge in [0.05, 0.1) is 29.0 Å². The van der Waals surface area contributed by atoms with E-state index < -0.39 is 27.9 Å². The molecule has 33 heavy (non-hydrogen) atoms. The average molecular weight is 469 g/mol. The second-order valence-electron chi connectivity index (χ2n) is 7.66. The van der Waals surface area contributed by atoms with Crippen LogP contribution in [0.1, 0.15) is 33.4 Å². The van der Waals surface area contributed by atoms with E-state index in [9.17, 15) is 18.0 Å². The minimum atomic E-state index is -4.12. The Morgan fingerprint density at radius 3 is 2.55 bits per heavy atom. The third-order valence-electron chi connectivity index (χ3n) is 5.65. The Hall–Kier alpha value is -3.50. The third kappa shape index (κ3) is 4.03. The Morgan fingerprint density at radius 1 is 1.12 bits per heavy atom. The van der Waals surface area contributed by atoms with E-state index in [2.05, 4.69) is 10.4 Å². The number of nitrogens with zero attached hydrogens (tertiary/aromatic N) is 3.